The number of aromatic nitrogens is 3. The Morgan fingerprint density at radius 2 is 1.65 bits per heavy atom. The van der Waals surface area contributed by atoms with Crippen molar-refractivity contribution >= 4 is 39.7 Å². The largest absolute Gasteiger partial charge is 0.442 e. The molecule has 2 aromatic carbocycles. The van der Waals surface area contributed by atoms with E-state index in [2.05, 4.69) is 34.1 Å². The Balaban J connectivity index is 1.05. The number of aryl methyl sites for hydroxylation is 1. The number of ether oxygens (including phenoxy) is 1. The molecule has 3 saturated heterocycles. The molecule has 0 saturated carbocycles. The van der Waals surface area contributed by atoms with Gasteiger partial charge in [-0.3, -0.25) is 19.3 Å². The van der Waals surface area contributed by atoms with Crippen LogP contribution in [0.1, 0.15) is 81.9 Å². The van der Waals surface area contributed by atoms with Gasteiger partial charge in [-0.2, -0.15) is 5.10 Å². The minimum atomic E-state index is -0.762. The maximum Gasteiger partial charge on any atom is 0.318 e. The Morgan fingerprint density at radius 1 is 0.930 bits per heavy atom. The molecule has 1 unspecified atom stereocenters. The molecule has 7 rings (SSSR count). The van der Waals surface area contributed by atoms with Crippen molar-refractivity contribution in [3.8, 4) is 0 Å². The number of benzene rings is 2. The number of carbonyl (C=O) groups is 3. The smallest absolute Gasteiger partial charge is 0.318 e. The van der Waals surface area contributed by atoms with Crippen molar-refractivity contribution in [1.82, 2.24) is 39.7 Å². The third-order valence-corrected chi connectivity index (χ3v) is 12.5. The van der Waals surface area contributed by atoms with E-state index in [4.69, 9.17) is 9.84 Å². The highest BCUT2D eigenvalue weighted by atomic mass is 16.5. The van der Waals surface area contributed by atoms with Gasteiger partial charge in [0.05, 0.1) is 10.9 Å². The van der Waals surface area contributed by atoms with Gasteiger partial charge in [0.15, 0.2) is 6.73 Å². The first kappa shape index (κ1) is 40.4. The topological polar surface area (TPSA) is 136 Å². The van der Waals surface area contributed by atoms with Gasteiger partial charge < -0.3 is 29.7 Å². The number of hydrogen-bond acceptors (Lipinski definition) is 8. The van der Waals surface area contributed by atoms with E-state index in [1.54, 1.807) is 9.58 Å². The number of para-hydroxylation sites is 1. The van der Waals surface area contributed by atoms with Crippen molar-refractivity contribution in [2.75, 3.05) is 59.4 Å². The average Bonchev–Trinajstić information content (AvgIpc) is 3.63. The Labute approximate surface area is 335 Å². The number of nitrogens with one attached hydrogen (secondary N) is 2. The monoisotopic (exact) mass is 780 g/mol. The second-order valence-corrected chi connectivity index (χ2v) is 17.2. The lowest BCUT2D eigenvalue weighted by Crippen LogP contribution is -2.59. The maximum absolute atomic E-state index is 14.4. The summed E-state index contributed by atoms with van der Waals surface area (Å²) in [4.78, 5) is 65.8. The molecule has 0 bridgehead atoms. The second-order valence-electron chi connectivity index (χ2n) is 17.2. The number of hydrogen-bond donors (Lipinski definition) is 2. The van der Waals surface area contributed by atoms with E-state index in [1.807, 2.05) is 74.3 Å². The molecule has 57 heavy (non-hydrogen) atoms. The summed E-state index contributed by atoms with van der Waals surface area (Å²) in [6.07, 6.45) is 7.44. The van der Waals surface area contributed by atoms with Crippen LogP contribution in [0.25, 0.3) is 21.8 Å². The van der Waals surface area contributed by atoms with Crippen LogP contribution in [0.2, 0.25) is 0 Å². The quantitative estimate of drug-likeness (QED) is 0.197. The Bertz CT molecular complexity index is 2120. The van der Waals surface area contributed by atoms with Crippen LogP contribution in [0.3, 0.4) is 0 Å². The molecule has 5 heterocycles. The molecule has 3 aliphatic heterocycles. The first-order chi connectivity index (χ1) is 27.4. The lowest BCUT2D eigenvalue weighted by atomic mass is 9.88. The summed E-state index contributed by atoms with van der Waals surface area (Å²) in [5, 5.41) is 9.75. The number of amides is 3. The summed E-state index contributed by atoms with van der Waals surface area (Å²) >= 11 is 0. The number of piperazine rings is 1. The van der Waals surface area contributed by atoms with Gasteiger partial charge in [0.2, 0.25) is 5.91 Å². The highest BCUT2D eigenvalue weighted by Crippen LogP contribution is 2.29. The minimum absolute atomic E-state index is 0.0159. The summed E-state index contributed by atoms with van der Waals surface area (Å²) in [6.45, 7) is 13.9. The molecule has 0 radical (unpaired) electrons. The predicted molar refractivity (Wildman–Crippen MR) is 222 cm³/mol. The van der Waals surface area contributed by atoms with Gasteiger partial charge in [-0.1, -0.05) is 37.6 Å². The minimum Gasteiger partial charge on any atom is -0.442 e. The molecular formula is C44H60N8O5. The number of rotatable bonds is 11. The summed E-state index contributed by atoms with van der Waals surface area (Å²) < 4.78 is 7.30. The van der Waals surface area contributed by atoms with Crippen molar-refractivity contribution in [2.45, 2.75) is 97.4 Å². The van der Waals surface area contributed by atoms with Gasteiger partial charge in [-0.25, -0.2) is 9.48 Å². The number of pyridine rings is 1. The number of carbonyl (C=O) groups excluding carboxylic acids is 3. The predicted octanol–water partition coefficient (Wildman–Crippen LogP) is 5.25. The van der Waals surface area contributed by atoms with E-state index < -0.39 is 11.5 Å². The lowest BCUT2D eigenvalue weighted by Gasteiger charge is -2.43. The van der Waals surface area contributed by atoms with Crippen LogP contribution in [-0.4, -0.2) is 124 Å². The van der Waals surface area contributed by atoms with Gasteiger partial charge in [0.1, 0.15) is 6.04 Å². The van der Waals surface area contributed by atoms with Crippen LogP contribution in [-0.2, 0) is 27.5 Å². The number of urea groups is 1. The number of likely N-dealkylation sites (tertiary alicyclic amines) is 2. The molecule has 4 aromatic rings. The number of nitrogens with zero attached hydrogens (tertiary/aromatic N) is 6. The molecule has 3 aliphatic rings. The first-order valence-corrected chi connectivity index (χ1v) is 20.9. The van der Waals surface area contributed by atoms with E-state index in [0.29, 0.717) is 51.5 Å². The van der Waals surface area contributed by atoms with Crippen molar-refractivity contribution in [2.24, 2.45) is 5.41 Å². The lowest BCUT2D eigenvalue weighted by molar-refractivity contribution is -0.158. The molecule has 3 amide bonds. The van der Waals surface area contributed by atoms with E-state index in [9.17, 15) is 19.2 Å². The Kier molecular flexibility index (Phi) is 12.3. The summed E-state index contributed by atoms with van der Waals surface area (Å²) in [7, 11) is 2.17. The van der Waals surface area contributed by atoms with Crippen LogP contribution in [0, 0.1) is 12.3 Å². The average molecular weight is 781 g/mol. The molecule has 1 atom stereocenters. The van der Waals surface area contributed by atoms with Crippen molar-refractivity contribution in [3.63, 3.8) is 0 Å². The molecular weight excluding hydrogens is 721 g/mol. The number of fused-ring (bicyclic) bond motifs is 2. The number of aromatic amines is 1. The Hall–Kier alpha value is -4.75. The highest BCUT2D eigenvalue weighted by molar-refractivity contribution is 5.88. The molecule has 13 heteroatoms. The van der Waals surface area contributed by atoms with Crippen molar-refractivity contribution in [1.29, 1.82) is 0 Å². The van der Waals surface area contributed by atoms with E-state index >= 15 is 0 Å². The first-order valence-electron chi connectivity index (χ1n) is 20.9. The van der Waals surface area contributed by atoms with Crippen molar-refractivity contribution < 1.29 is 19.1 Å². The highest BCUT2D eigenvalue weighted by Gasteiger charge is 2.34. The molecule has 0 spiro atoms. The van der Waals surface area contributed by atoms with Gasteiger partial charge in [0, 0.05) is 74.4 Å². The van der Waals surface area contributed by atoms with Gasteiger partial charge in [-0.05, 0) is 114 Å². The maximum atomic E-state index is 14.4. The fourth-order valence-electron chi connectivity index (χ4n) is 9.09. The SMILES string of the molecule is CCCC(C)(C)C(=O)OCn1cc2cc(CC(NC(=O)N3CCC(c4cc5ccccc5[nH]c4=O)CC3)C(=O)N3CCN(C4CCN(C)CC4)CC3)cc(C)c2n1. The van der Waals surface area contributed by atoms with Crippen LogP contribution in [0.15, 0.2) is 53.5 Å². The normalized spacial score (nSPS) is 18.6. The fourth-order valence-corrected chi connectivity index (χ4v) is 9.09. The summed E-state index contributed by atoms with van der Waals surface area (Å²) in [5.41, 5.74) is 3.58. The van der Waals surface area contributed by atoms with Crippen LogP contribution in [0.4, 0.5) is 4.79 Å². The number of esters is 1. The molecule has 13 nitrogen and oxygen atoms in total. The molecule has 2 aromatic heterocycles. The third kappa shape index (κ3) is 9.36. The fraction of sp³-hybridized carbons (Fsp3) is 0.568. The van der Waals surface area contributed by atoms with E-state index in [-0.39, 0.29) is 36.1 Å². The van der Waals surface area contributed by atoms with Crippen LogP contribution < -0.4 is 10.9 Å². The Morgan fingerprint density at radius 3 is 2.37 bits per heavy atom. The number of piperidine rings is 2. The van der Waals surface area contributed by atoms with Gasteiger partial charge in [-0.15, -0.1) is 0 Å². The second kappa shape index (κ2) is 17.4. The summed E-state index contributed by atoms with van der Waals surface area (Å²) in [6, 6.07) is 13.3. The van der Waals surface area contributed by atoms with Crippen LogP contribution >= 0.6 is 0 Å². The van der Waals surface area contributed by atoms with E-state index in [0.717, 1.165) is 90.4 Å². The van der Waals surface area contributed by atoms with Gasteiger partial charge in [0.25, 0.3) is 5.56 Å². The summed E-state index contributed by atoms with van der Waals surface area (Å²) in [5.74, 6) is -0.279. The van der Waals surface area contributed by atoms with Crippen molar-refractivity contribution in [3.05, 3.63) is 75.7 Å². The zero-order valence-electron chi connectivity index (χ0n) is 34.4. The number of H-pyrrole nitrogens is 1. The zero-order valence-corrected chi connectivity index (χ0v) is 34.4. The molecule has 3 fully saturated rings. The third-order valence-electron chi connectivity index (χ3n) is 12.5. The molecule has 0 aliphatic carbocycles. The molecule has 2 N–H and O–H groups in total. The molecule has 306 valence electrons. The van der Waals surface area contributed by atoms with Crippen LogP contribution in [0.5, 0.6) is 0 Å². The van der Waals surface area contributed by atoms with Gasteiger partial charge >= 0.3 is 12.0 Å². The zero-order chi connectivity index (χ0) is 40.3. The standard InChI is InChI=1S/C44H60N8O5/c1-6-15-44(3,4)42(55)57-29-52-28-34-25-31(24-30(2)39(34)47-52)26-38(41(54)50-22-20-49(21-23-50)35-13-16-48(5)17-14-35)46-43(56)51-18-11-32(12-19-51)36-27-33-9-7-8-10-37(33)45-40(36)53/h7-10,24-25,27-28,32,35,38H,6,11-23,26,29H2,1-5H3,(H,45,53)(H,46,56). The van der Waals surface area contributed by atoms with E-state index in [1.165, 1.54) is 0 Å².